The number of rotatable bonds is 5. The van der Waals surface area contributed by atoms with Gasteiger partial charge in [-0.05, 0) is 29.7 Å². The Hall–Kier alpha value is -3.00. The number of ether oxygens (including phenoxy) is 1. The maximum atomic E-state index is 13.2. The normalized spacial score (nSPS) is 21.8. The van der Waals surface area contributed by atoms with Gasteiger partial charge >= 0.3 is 17.9 Å². The Balaban J connectivity index is 1.29. The standard InChI is InChI=1S/C20H19F2N3O3/c1-13-5-7-14(8-6-13)11-23-18(26)24-12-15-3-2-4-16(9-15)17-10-19(28-25-17)20(21,22)27-19/h2-9H,10-12H2,1H3,(H2,23,24,26). The highest BCUT2D eigenvalue weighted by molar-refractivity contribution is 6.02. The van der Waals surface area contributed by atoms with E-state index in [1.54, 1.807) is 18.2 Å². The number of oxime groups is 1. The number of benzene rings is 2. The molecule has 146 valence electrons. The summed E-state index contributed by atoms with van der Waals surface area (Å²) in [6.07, 6.45) is -3.42. The van der Waals surface area contributed by atoms with E-state index >= 15 is 0 Å². The van der Waals surface area contributed by atoms with E-state index in [-0.39, 0.29) is 12.5 Å². The molecule has 1 fully saturated rings. The zero-order chi connectivity index (χ0) is 19.8. The summed E-state index contributed by atoms with van der Waals surface area (Å²) in [6, 6.07) is 14.7. The average Bonchev–Trinajstić information content (AvgIpc) is 3.01. The van der Waals surface area contributed by atoms with Crippen LogP contribution in [0.3, 0.4) is 0 Å². The minimum atomic E-state index is -3.30. The van der Waals surface area contributed by atoms with Gasteiger partial charge in [0, 0.05) is 13.1 Å². The lowest BCUT2D eigenvalue weighted by Gasteiger charge is -2.09. The van der Waals surface area contributed by atoms with Gasteiger partial charge < -0.3 is 15.5 Å². The highest BCUT2D eigenvalue weighted by atomic mass is 19.3. The Morgan fingerprint density at radius 2 is 1.79 bits per heavy atom. The molecule has 4 rings (SSSR count). The van der Waals surface area contributed by atoms with E-state index < -0.39 is 11.9 Å². The third-order valence-electron chi connectivity index (χ3n) is 4.69. The molecule has 28 heavy (non-hydrogen) atoms. The van der Waals surface area contributed by atoms with Crippen LogP contribution < -0.4 is 10.6 Å². The van der Waals surface area contributed by atoms with Crippen molar-refractivity contribution in [3.8, 4) is 0 Å². The minimum Gasteiger partial charge on any atom is -0.350 e. The smallest absolute Gasteiger partial charge is 0.350 e. The van der Waals surface area contributed by atoms with E-state index in [0.717, 1.165) is 16.7 Å². The maximum absolute atomic E-state index is 13.2. The lowest BCUT2D eigenvalue weighted by molar-refractivity contribution is -0.0370. The Morgan fingerprint density at radius 1 is 1.11 bits per heavy atom. The van der Waals surface area contributed by atoms with E-state index in [9.17, 15) is 13.6 Å². The molecule has 1 unspecified atom stereocenters. The molecule has 6 nitrogen and oxygen atoms in total. The number of halogens is 2. The molecule has 2 N–H and O–H groups in total. The fourth-order valence-electron chi connectivity index (χ4n) is 2.95. The van der Waals surface area contributed by atoms with Crippen LogP contribution in [0.5, 0.6) is 0 Å². The molecule has 2 aliphatic heterocycles. The number of urea groups is 1. The van der Waals surface area contributed by atoms with Gasteiger partial charge in [-0.3, -0.25) is 4.74 Å². The number of hydrogen-bond acceptors (Lipinski definition) is 4. The van der Waals surface area contributed by atoms with Crippen LogP contribution in [0.15, 0.2) is 53.7 Å². The zero-order valence-electron chi connectivity index (χ0n) is 15.2. The van der Waals surface area contributed by atoms with Crippen molar-refractivity contribution in [1.82, 2.24) is 10.6 Å². The van der Waals surface area contributed by atoms with Crippen LogP contribution in [0.25, 0.3) is 0 Å². The number of carbonyl (C=O) groups excluding carboxylic acids is 1. The molecular weight excluding hydrogens is 368 g/mol. The second kappa shape index (κ2) is 6.87. The molecule has 8 heteroatoms. The first kappa shape index (κ1) is 18.4. The third-order valence-corrected chi connectivity index (χ3v) is 4.69. The van der Waals surface area contributed by atoms with Gasteiger partial charge in [0.15, 0.2) is 0 Å². The number of epoxide rings is 1. The van der Waals surface area contributed by atoms with E-state index in [4.69, 9.17) is 4.84 Å². The average molecular weight is 387 g/mol. The SMILES string of the molecule is Cc1ccc(CNC(=O)NCc2cccc(C3=NOC4(C3)OC4(F)F)c2)cc1. The van der Waals surface area contributed by atoms with E-state index in [1.165, 1.54) is 0 Å². The largest absolute Gasteiger partial charge is 0.427 e. The van der Waals surface area contributed by atoms with E-state index in [0.29, 0.717) is 24.4 Å². The van der Waals surface area contributed by atoms with Crippen molar-refractivity contribution in [2.45, 2.75) is 38.3 Å². The molecule has 2 aromatic rings. The quantitative estimate of drug-likeness (QED) is 0.772. The molecule has 0 saturated carbocycles. The molecule has 2 heterocycles. The second-order valence-corrected chi connectivity index (χ2v) is 6.90. The molecule has 0 radical (unpaired) electrons. The van der Waals surface area contributed by atoms with Crippen LogP contribution in [0, 0.1) is 6.92 Å². The Kier molecular flexibility index (Phi) is 4.50. The monoisotopic (exact) mass is 387 g/mol. The van der Waals surface area contributed by atoms with Crippen LogP contribution in [0.4, 0.5) is 13.6 Å². The Bertz CT molecular complexity index is 931. The van der Waals surface area contributed by atoms with Crippen LogP contribution in [0.1, 0.15) is 28.7 Å². The topological polar surface area (TPSA) is 75.2 Å². The van der Waals surface area contributed by atoms with Crippen LogP contribution in [-0.4, -0.2) is 23.6 Å². The van der Waals surface area contributed by atoms with Crippen LogP contribution in [-0.2, 0) is 22.7 Å². The molecular formula is C20H19F2N3O3. The van der Waals surface area contributed by atoms with Crippen LogP contribution in [0.2, 0.25) is 0 Å². The van der Waals surface area contributed by atoms with Gasteiger partial charge in [0.2, 0.25) is 0 Å². The van der Waals surface area contributed by atoms with E-state index in [2.05, 4.69) is 20.5 Å². The number of nitrogens with zero attached hydrogens (tertiary/aromatic N) is 1. The Labute approximate surface area is 160 Å². The van der Waals surface area contributed by atoms with Gasteiger partial charge in [-0.2, -0.15) is 8.78 Å². The van der Waals surface area contributed by atoms with Crippen molar-refractivity contribution in [1.29, 1.82) is 0 Å². The Morgan fingerprint density at radius 3 is 2.43 bits per heavy atom. The molecule has 2 amide bonds. The summed E-state index contributed by atoms with van der Waals surface area (Å²) in [5.74, 6) is -1.94. The molecule has 0 aromatic heterocycles. The molecule has 2 aromatic carbocycles. The van der Waals surface area contributed by atoms with Gasteiger partial charge in [-0.15, -0.1) is 0 Å². The number of nitrogens with one attached hydrogen (secondary N) is 2. The van der Waals surface area contributed by atoms with Gasteiger partial charge in [-0.25, -0.2) is 4.79 Å². The van der Waals surface area contributed by atoms with Crippen molar-refractivity contribution < 1.29 is 23.1 Å². The molecule has 0 aliphatic carbocycles. The third kappa shape index (κ3) is 3.68. The molecule has 0 bridgehead atoms. The summed E-state index contributed by atoms with van der Waals surface area (Å²) < 4.78 is 30.8. The summed E-state index contributed by atoms with van der Waals surface area (Å²) in [7, 11) is 0. The fraction of sp³-hybridized carbons (Fsp3) is 0.300. The summed E-state index contributed by atoms with van der Waals surface area (Å²) in [5, 5.41) is 9.30. The number of hydrogen-bond donors (Lipinski definition) is 2. The molecule has 1 spiro atoms. The van der Waals surface area contributed by atoms with Gasteiger partial charge in [0.25, 0.3) is 0 Å². The maximum Gasteiger partial charge on any atom is 0.427 e. The second-order valence-electron chi connectivity index (χ2n) is 6.90. The molecule has 2 aliphatic rings. The van der Waals surface area contributed by atoms with E-state index in [1.807, 2.05) is 37.3 Å². The van der Waals surface area contributed by atoms with Crippen molar-refractivity contribution >= 4 is 11.7 Å². The van der Waals surface area contributed by atoms with Gasteiger partial charge in [0.05, 0.1) is 12.1 Å². The predicted octanol–water partition coefficient (Wildman–Crippen LogP) is 3.44. The minimum absolute atomic E-state index is 0.117. The summed E-state index contributed by atoms with van der Waals surface area (Å²) in [5.41, 5.74) is 4.03. The summed E-state index contributed by atoms with van der Waals surface area (Å²) in [6.45, 7) is 2.72. The first-order chi connectivity index (χ1) is 13.4. The van der Waals surface area contributed by atoms with Crippen molar-refractivity contribution in [3.63, 3.8) is 0 Å². The lowest BCUT2D eigenvalue weighted by Crippen LogP contribution is -2.34. The first-order valence-electron chi connectivity index (χ1n) is 8.86. The summed E-state index contributed by atoms with van der Waals surface area (Å²) in [4.78, 5) is 16.8. The van der Waals surface area contributed by atoms with Crippen LogP contribution >= 0.6 is 0 Å². The highest BCUT2D eigenvalue weighted by Crippen LogP contribution is 2.56. The van der Waals surface area contributed by atoms with Gasteiger partial charge in [-0.1, -0.05) is 53.2 Å². The highest BCUT2D eigenvalue weighted by Gasteiger charge is 2.80. The summed E-state index contributed by atoms with van der Waals surface area (Å²) >= 11 is 0. The predicted molar refractivity (Wildman–Crippen MR) is 97.7 cm³/mol. The van der Waals surface area contributed by atoms with Crippen molar-refractivity contribution in [3.05, 3.63) is 70.8 Å². The number of alkyl halides is 2. The number of amides is 2. The number of carbonyl (C=O) groups is 1. The molecule has 1 saturated heterocycles. The first-order valence-corrected chi connectivity index (χ1v) is 8.86. The number of aryl methyl sites for hydroxylation is 1. The van der Waals surface area contributed by atoms with Crippen molar-refractivity contribution in [2.24, 2.45) is 5.16 Å². The van der Waals surface area contributed by atoms with Gasteiger partial charge in [0.1, 0.15) is 0 Å². The zero-order valence-corrected chi connectivity index (χ0v) is 15.2. The van der Waals surface area contributed by atoms with Crippen molar-refractivity contribution in [2.75, 3.05) is 0 Å². The molecule has 1 atom stereocenters. The fourth-order valence-corrected chi connectivity index (χ4v) is 2.95. The lowest BCUT2D eigenvalue weighted by atomic mass is 10.0.